The summed E-state index contributed by atoms with van der Waals surface area (Å²) in [7, 11) is 0. The molecule has 0 heterocycles. The lowest BCUT2D eigenvalue weighted by molar-refractivity contribution is -0.256. The quantitative estimate of drug-likeness (QED) is 0.357. The lowest BCUT2D eigenvalue weighted by Crippen LogP contribution is -2.71. The Morgan fingerprint density at radius 3 is 2.29 bits per heavy atom. The first-order valence-electron chi connectivity index (χ1n) is 16.8. The molecule has 5 aliphatic rings. The van der Waals surface area contributed by atoms with Gasteiger partial charge >= 0.3 is 0 Å². The van der Waals surface area contributed by atoms with Gasteiger partial charge in [0.1, 0.15) is 5.72 Å². The number of nitrogens with one attached hydrogen (secondary N) is 1. The number of carbonyl (C=O) groups is 2. The summed E-state index contributed by atoms with van der Waals surface area (Å²) in [5, 5.41) is 15.4. The van der Waals surface area contributed by atoms with Gasteiger partial charge in [-0.2, -0.15) is 0 Å². The van der Waals surface area contributed by atoms with Gasteiger partial charge in [-0.15, -0.1) is 0 Å². The lowest BCUT2D eigenvalue weighted by Gasteiger charge is -2.73. The smallest absolute Gasteiger partial charge is 0.253 e. The van der Waals surface area contributed by atoms with Gasteiger partial charge in [0, 0.05) is 17.4 Å². The second kappa shape index (κ2) is 9.29. The molecule has 5 aliphatic carbocycles. The Kier molecular flexibility index (Phi) is 6.66. The van der Waals surface area contributed by atoms with Crippen LogP contribution < -0.4 is 5.32 Å². The van der Waals surface area contributed by atoms with E-state index in [9.17, 15) is 14.7 Å². The van der Waals surface area contributed by atoms with Gasteiger partial charge in [-0.05, 0) is 121 Å². The van der Waals surface area contributed by atoms with E-state index >= 15 is 0 Å². The van der Waals surface area contributed by atoms with Crippen molar-refractivity contribution >= 4 is 11.7 Å². The van der Waals surface area contributed by atoms with Gasteiger partial charge in [0.05, 0.1) is 0 Å². The number of hydrogen-bond acceptors (Lipinski definition) is 3. The molecule has 230 valence electrons. The summed E-state index contributed by atoms with van der Waals surface area (Å²) in [6.45, 7) is 21.0. The topological polar surface area (TPSA) is 66.4 Å². The average molecular weight is 574 g/mol. The van der Waals surface area contributed by atoms with Gasteiger partial charge in [0.25, 0.3) is 5.91 Å². The fraction of sp³-hybridized carbons (Fsp3) is 0.737. The molecule has 2 N–H and O–H groups in total. The van der Waals surface area contributed by atoms with Gasteiger partial charge in [0.15, 0.2) is 5.78 Å². The van der Waals surface area contributed by atoms with Crippen molar-refractivity contribution in [1.29, 1.82) is 0 Å². The van der Waals surface area contributed by atoms with Gasteiger partial charge in [-0.1, -0.05) is 78.7 Å². The van der Waals surface area contributed by atoms with E-state index in [1.54, 1.807) is 5.57 Å². The number of allylic oxidation sites excluding steroid dienone is 2. The van der Waals surface area contributed by atoms with Crippen molar-refractivity contribution in [2.24, 2.45) is 50.7 Å². The molecule has 4 fully saturated rings. The third-order valence-electron chi connectivity index (χ3n) is 14.6. The summed E-state index contributed by atoms with van der Waals surface area (Å²) in [4.78, 5) is 26.8. The molecular weight excluding hydrogens is 518 g/mol. The molecule has 0 bridgehead atoms. The van der Waals surface area contributed by atoms with Crippen LogP contribution in [0.25, 0.3) is 0 Å². The van der Waals surface area contributed by atoms with Crippen LogP contribution in [0.4, 0.5) is 0 Å². The van der Waals surface area contributed by atoms with Gasteiger partial charge in [-0.25, -0.2) is 0 Å². The van der Waals surface area contributed by atoms with Crippen LogP contribution in [0.1, 0.15) is 129 Å². The van der Waals surface area contributed by atoms with Crippen molar-refractivity contribution < 1.29 is 14.7 Å². The number of aliphatic hydroxyl groups is 1. The van der Waals surface area contributed by atoms with E-state index in [1.165, 1.54) is 24.8 Å². The lowest BCUT2D eigenvalue weighted by atomic mass is 9.32. The number of fused-ring (bicyclic) bond motifs is 7. The Morgan fingerprint density at radius 2 is 1.62 bits per heavy atom. The number of aryl methyl sites for hydroxylation is 1. The van der Waals surface area contributed by atoms with Crippen molar-refractivity contribution in [1.82, 2.24) is 5.32 Å². The van der Waals surface area contributed by atoms with Crippen LogP contribution in [-0.2, 0) is 4.79 Å². The highest BCUT2D eigenvalue weighted by Crippen LogP contribution is 2.77. The highest BCUT2D eigenvalue weighted by Gasteiger charge is 2.71. The minimum Gasteiger partial charge on any atom is -0.370 e. The molecule has 4 saturated carbocycles. The summed E-state index contributed by atoms with van der Waals surface area (Å²) in [5.74, 6) is 1.89. The Morgan fingerprint density at radius 1 is 0.905 bits per heavy atom. The maximum absolute atomic E-state index is 13.4. The first kappa shape index (κ1) is 30.1. The van der Waals surface area contributed by atoms with Crippen molar-refractivity contribution in [3.8, 4) is 0 Å². The van der Waals surface area contributed by atoms with Crippen LogP contribution in [-0.4, -0.2) is 22.5 Å². The summed E-state index contributed by atoms with van der Waals surface area (Å²) in [5.41, 5.74) is 3.14. The van der Waals surface area contributed by atoms with Crippen LogP contribution in [0.15, 0.2) is 35.4 Å². The summed E-state index contributed by atoms with van der Waals surface area (Å²) in [6.07, 6.45) is 9.09. The Bertz CT molecular complexity index is 1360. The predicted molar refractivity (Wildman–Crippen MR) is 169 cm³/mol. The molecule has 0 saturated heterocycles. The summed E-state index contributed by atoms with van der Waals surface area (Å²) >= 11 is 0. The second-order valence-electron chi connectivity index (χ2n) is 17.2. The molecule has 1 amide bonds. The van der Waals surface area contributed by atoms with E-state index in [0.29, 0.717) is 47.9 Å². The molecular formula is C38H55NO3. The van der Waals surface area contributed by atoms with Crippen molar-refractivity contribution in [2.75, 3.05) is 0 Å². The molecule has 0 aromatic heterocycles. The molecule has 0 radical (unpaired) electrons. The van der Waals surface area contributed by atoms with Gasteiger partial charge in [0.2, 0.25) is 0 Å². The summed E-state index contributed by atoms with van der Waals surface area (Å²) in [6, 6.07) is 7.64. The first-order chi connectivity index (χ1) is 19.4. The zero-order valence-electron chi connectivity index (χ0n) is 27.7. The van der Waals surface area contributed by atoms with Crippen LogP contribution in [0.2, 0.25) is 0 Å². The Hall–Kier alpha value is -1.94. The molecule has 4 heteroatoms. The molecule has 0 spiro atoms. The number of amides is 1. The third-order valence-corrected chi connectivity index (χ3v) is 14.6. The van der Waals surface area contributed by atoms with Crippen LogP contribution in [0.5, 0.6) is 0 Å². The molecule has 8 atom stereocenters. The molecule has 1 aromatic rings. The van der Waals surface area contributed by atoms with Crippen LogP contribution >= 0.6 is 0 Å². The van der Waals surface area contributed by atoms with Gasteiger partial charge in [-0.3, -0.25) is 9.59 Å². The van der Waals surface area contributed by atoms with E-state index in [0.717, 1.165) is 31.2 Å². The number of Topliss-reactive ketones (excluding diaryl/α,β-unsaturated/α-hetero) is 1. The highest BCUT2D eigenvalue weighted by atomic mass is 16.3. The molecule has 0 aliphatic heterocycles. The molecule has 42 heavy (non-hydrogen) atoms. The second-order valence-corrected chi connectivity index (χ2v) is 17.2. The number of benzene rings is 1. The van der Waals surface area contributed by atoms with Crippen LogP contribution in [0, 0.1) is 57.7 Å². The number of rotatable bonds is 3. The van der Waals surface area contributed by atoms with E-state index in [4.69, 9.17) is 0 Å². The standard InChI is InChI=1S/C38H55NO3/c1-23(2)30-27(40)22-34(6)17-19-36(8)26(31(30)34)13-14-29-35(7)18-20-38(42,33(4,5)28(35)15-16-37(29,36)9)39-32(41)25-12-10-11-24(3)21-25/h10-12,21,23,26,28-29,42H,13-20,22H2,1-9H3,(H,39,41)/t26-,28+,29-,34+,35+,36-,37-,38+/m1/s1. The maximum atomic E-state index is 13.4. The highest BCUT2D eigenvalue weighted by molar-refractivity contribution is 6.00. The van der Waals surface area contributed by atoms with E-state index in [2.05, 4.69) is 60.7 Å². The van der Waals surface area contributed by atoms with Crippen molar-refractivity contribution in [2.45, 2.75) is 126 Å². The van der Waals surface area contributed by atoms with E-state index in [1.807, 2.05) is 31.2 Å². The Balaban J connectivity index is 1.33. The van der Waals surface area contributed by atoms with Crippen molar-refractivity contribution in [3.63, 3.8) is 0 Å². The monoisotopic (exact) mass is 573 g/mol. The predicted octanol–water partition coefficient (Wildman–Crippen LogP) is 8.41. The fourth-order valence-corrected chi connectivity index (χ4v) is 12.1. The van der Waals surface area contributed by atoms with E-state index < -0.39 is 11.1 Å². The normalized spacial score (nSPS) is 44.3. The molecule has 1 aromatic carbocycles. The fourth-order valence-electron chi connectivity index (χ4n) is 12.1. The summed E-state index contributed by atoms with van der Waals surface area (Å²) < 4.78 is 0. The number of ketones is 1. The average Bonchev–Trinajstić information content (AvgIpc) is 3.17. The zero-order chi connectivity index (χ0) is 30.7. The zero-order valence-corrected chi connectivity index (χ0v) is 27.7. The third kappa shape index (κ3) is 3.81. The molecule has 6 rings (SSSR count). The molecule has 4 nitrogen and oxygen atoms in total. The minimum absolute atomic E-state index is 0.0456. The van der Waals surface area contributed by atoms with Crippen LogP contribution in [0.3, 0.4) is 0 Å². The maximum Gasteiger partial charge on any atom is 0.253 e. The van der Waals surface area contributed by atoms with Crippen molar-refractivity contribution in [3.05, 3.63) is 46.5 Å². The first-order valence-corrected chi connectivity index (χ1v) is 16.8. The minimum atomic E-state index is -1.25. The molecule has 0 unspecified atom stereocenters. The number of hydrogen-bond donors (Lipinski definition) is 2. The Labute approximate surface area is 254 Å². The SMILES string of the molecule is Cc1cccc(C(=O)N[C@]2(O)CC[C@]3(C)[C@H]4CC[C@@H]5C6=C(C(C)C)C(=O)C[C@]6(C)CC[C@@]5(C)[C@]4(C)CC[C@H]3C2(C)C)c1. The van der Waals surface area contributed by atoms with Gasteiger partial charge < -0.3 is 10.4 Å². The largest absolute Gasteiger partial charge is 0.370 e. The number of carbonyl (C=O) groups excluding carboxylic acids is 2. The van der Waals surface area contributed by atoms with E-state index in [-0.39, 0.29) is 27.6 Å².